The second-order valence-corrected chi connectivity index (χ2v) is 1.58. The molecular formula is C5H8CoO2+2. The largest absolute Gasteiger partial charge is 2.00 e. The summed E-state index contributed by atoms with van der Waals surface area (Å²) in [5.41, 5.74) is 0. The van der Waals surface area contributed by atoms with Gasteiger partial charge in [0.2, 0.25) is 0 Å². The molecule has 47 valence electrons. The Hall–Kier alpha value is -0.154. The molecule has 0 fully saturated rings. The molecule has 0 rings (SSSR count). The average Bonchev–Trinajstić information content (AvgIpc) is 1.27. The number of hydrogen-bond acceptors (Lipinski definition) is 2. The van der Waals surface area contributed by atoms with E-state index in [-0.39, 0.29) is 34.8 Å². The Bertz CT molecular complexity index is 86.6. The maximum Gasteiger partial charge on any atom is 2.00 e. The molecule has 0 amide bonds. The van der Waals surface area contributed by atoms with Gasteiger partial charge in [-0.25, -0.2) is 0 Å². The average molecular weight is 159 g/mol. The fraction of sp³-hybridized carbons (Fsp3) is 0.600. The molecule has 0 heterocycles. The van der Waals surface area contributed by atoms with Gasteiger partial charge in [0.1, 0.15) is 11.6 Å². The predicted molar refractivity (Wildman–Crippen MR) is 26.0 cm³/mol. The quantitative estimate of drug-likeness (QED) is 0.551. The van der Waals surface area contributed by atoms with E-state index in [1.54, 1.807) is 0 Å². The molecule has 0 spiro atoms. The van der Waals surface area contributed by atoms with Gasteiger partial charge in [-0.1, -0.05) is 0 Å². The molecule has 0 aromatic rings. The van der Waals surface area contributed by atoms with Crippen LogP contribution in [0.1, 0.15) is 20.3 Å². The molecule has 0 aromatic heterocycles. The van der Waals surface area contributed by atoms with Crippen LogP contribution in [0.25, 0.3) is 0 Å². The van der Waals surface area contributed by atoms with Gasteiger partial charge in [0, 0.05) is 0 Å². The van der Waals surface area contributed by atoms with Crippen LogP contribution >= 0.6 is 0 Å². The van der Waals surface area contributed by atoms with Crippen LogP contribution in [0.15, 0.2) is 0 Å². The zero-order chi connectivity index (χ0) is 5.86. The van der Waals surface area contributed by atoms with Crippen molar-refractivity contribution in [1.82, 2.24) is 0 Å². The molecule has 0 aliphatic carbocycles. The summed E-state index contributed by atoms with van der Waals surface area (Å²) in [7, 11) is 0. The molecule has 0 aliphatic rings. The van der Waals surface area contributed by atoms with E-state index in [0.717, 1.165) is 0 Å². The van der Waals surface area contributed by atoms with Gasteiger partial charge in [0.25, 0.3) is 0 Å². The van der Waals surface area contributed by atoms with Crippen molar-refractivity contribution in [2.45, 2.75) is 20.3 Å². The van der Waals surface area contributed by atoms with Crippen LogP contribution in [0, 0.1) is 0 Å². The van der Waals surface area contributed by atoms with Gasteiger partial charge in [-0.3, -0.25) is 9.59 Å². The molecule has 0 atom stereocenters. The van der Waals surface area contributed by atoms with Gasteiger partial charge in [0.05, 0.1) is 6.42 Å². The van der Waals surface area contributed by atoms with Gasteiger partial charge >= 0.3 is 16.8 Å². The molecule has 3 heteroatoms. The normalized spacial score (nSPS) is 7.25. The molecule has 0 N–H and O–H groups in total. The number of carbonyl (C=O) groups is 2. The minimum Gasteiger partial charge on any atom is -0.300 e. The van der Waals surface area contributed by atoms with E-state index >= 15 is 0 Å². The Morgan fingerprint density at radius 2 is 1.38 bits per heavy atom. The Morgan fingerprint density at radius 1 is 1.12 bits per heavy atom. The van der Waals surface area contributed by atoms with E-state index in [4.69, 9.17) is 0 Å². The van der Waals surface area contributed by atoms with E-state index in [0.29, 0.717) is 0 Å². The maximum absolute atomic E-state index is 10.0. The maximum atomic E-state index is 10.0. The summed E-state index contributed by atoms with van der Waals surface area (Å²) < 4.78 is 0. The molecule has 2 nitrogen and oxygen atoms in total. The second kappa shape index (κ2) is 4.99. The zero-order valence-electron chi connectivity index (χ0n) is 4.86. The summed E-state index contributed by atoms with van der Waals surface area (Å²) >= 11 is 0. The van der Waals surface area contributed by atoms with Crippen LogP contribution in [0.2, 0.25) is 0 Å². The fourth-order valence-electron chi connectivity index (χ4n) is 0.351. The summed E-state index contributed by atoms with van der Waals surface area (Å²) in [4.78, 5) is 20.1. The minimum atomic E-state index is -0.0625. The van der Waals surface area contributed by atoms with Gasteiger partial charge in [-0.2, -0.15) is 0 Å². The number of rotatable bonds is 2. The van der Waals surface area contributed by atoms with Gasteiger partial charge < -0.3 is 0 Å². The Morgan fingerprint density at radius 3 is 1.38 bits per heavy atom. The van der Waals surface area contributed by atoms with Gasteiger partial charge in [-0.05, 0) is 13.8 Å². The smallest absolute Gasteiger partial charge is 0.300 e. The van der Waals surface area contributed by atoms with E-state index in [1.165, 1.54) is 13.8 Å². The van der Waals surface area contributed by atoms with Crippen molar-refractivity contribution in [3.05, 3.63) is 0 Å². The minimum absolute atomic E-state index is 0. The summed E-state index contributed by atoms with van der Waals surface area (Å²) in [5, 5.41) is 0. The van der Waals surface area contributed by atoms with Crippen molar-refractivity contribution < 1.29 is 26.4 Å². The fourth-order valence-corrected chi connectivity index (χ4v) is 0.351. The third-order valence-electron chi connectivity index (χ3n) is 0.498. The first-order chi connectivity index (χ1) is 3.13. The predicted octanol–water partition coefficient (Wildman–Crippen LogP) is 0.552. The Kier molecular flexibility index (Phi) is 6.72. The van der Waals surface area contributed by atoms with Crippen LogP contribution in [-0.2, 0) is 26.4 Å². The van der Waals surface area contributed by atoms with Crippen molar-refractivity contribution in [2.75, 3.05) is 0 Å². The molecule has 0 unspecified atom stereocenters. The Labute approximate surface area is 58.8 Å². The first-order valence-electron chi connectivity index (χ1n) is 2.12. The van der Waals surface area contributed by atoms with Crippen molar-refractivity contribution in [3.63, 3.8) is 0 Å². The Balaban J connectivity index is 0. The van der Waals surface area contributed by atoms with Crippen LogP contribution in [0.4, 0.5) is 0 Å². The van der Waals surface area contributed by atoms with Crippen molar-refractivity contribution in [3.8, 4) is 0 Å². The topological polar surface area (TPSA) is 34.1 Å². The van der Waals surface area contributed by atoms with E-state index in [9.17, 15) is 9.59 Å². The van der Waals surface area contributed by atoms with Gasteiger partial charge in [-0.15, -0.1) is 0 Å². The van der Waals surface area contributed by atoms with Crippen LogP contribution < -0.4 is 0 Å². The van der Waals surface area contributed by atoms with E-state index in [1.807, 2.05) is 0 Å². The third kappa shape index (κ3) is 9.28. The molecular weight excluding hydrogens is 151 g/mol. The second-order valence-electron chi connectivity index (χ2n) is 1.58. The van der Waals surface area contributed by atoms with Crippen LogP contribution in [-0.4, -0.2) is 11.6 Å². The molecule has 0 aromatic carbocycles. The molecule has 8 heavy (non-hydrogen) atoms. The van der Waals surface area contributed by atoms with Crippen LogP contribution in [0.5, 0.6) is 0 Å². The number of carbonyl (C=O) groups excluding carboxylic acids is 2. The summed E-state index contributed by atoms with van der Waals surface area (Å²) in [6, 6.07) is 0. The molecule has 0 aliphatic heterocycles. The SMILES string of the molecule is CC(=O)CC(C)=O.[Co+2]. The summed E-state index contributed by atoms with van der Waals surface area (Å²) in [5.74, 6) is -0.125. The standard InChI is InChI=1S/C5H8O2.Co/c1-4(6)3-5(2)7;/h3H2,1-2H3;/q;+2. The molecule has 0 saturated carbocycles. The molecule has 0 saturated heterocycles. The zero-order valence-corrected chi connectivity index (χ0v) is 5.90. The third-order valence-corrected chi connectivity index (χ3v) is 0.498. The van der Waals surface area contributed by atoms with Crippen molar-refractivity contribution in [1.29, 1.82) is 0 Å². The van der Waals surface area contributed by atoms with Crippen molar-refractivity contribution >= 4 is 11.6 Å². The first kappa shape index (κ1) is 10.8. The van der Waals surface area contributed by atoms with E-state index < -0.39 is 0 Å². The summed E-state index contributed by atoms with van der Waals surface area (Å²) in [6.45, 7) is 2.81. The summed E-state index contributed by atoms with van der Waals surface area (Å²) in [6.07, 6.45) is 0.0833. The van der Waals surface area contributed by atoms with Gasteiger partial charge in [0.15, 0.2) is 0 Å². The molecule has 1 radical (unpaired) electrons. The van der Waals surface area contributed by atoms with Crippen LogP contribution in [0.3, 0.4) is 0 Å². The number of hydrogen-bond donors (Lipinski definition) is 0. The first-order valence-corrected chi connectivity index (χ1v) is 2.12. The monoisotopic (exact) mass is 159 g/mol. The number of ketones is 2. The van der Waals surface area contributed by atoms with Crippen molar-refractivity contribution in [2.24, 2.45) is 0 Å². The number of Topliss-reactive ketones (excluding diaryl/α,β-unsaturated/α-hetero) is 2. The molecule has 0 bridgehead atoms. The van der Waals surface area contributed by atoms with E-state index in [2.05, 4.69) is 0 Å².